The van der Waals surface area contributed by atoms with Gasteiger partial charge in [-0.2, -0.15) is 0 Å². The van der Waals surface area contributed by atoms with Gasteiger partial charge in [-0.3, -0.25) is 4.79 Å². The molecule has 162 valence electrons. The number of fused-ring (bicyclic) bond motifs is 1. The van der Waals surface area contributed by atoms with E-state index in [0.29, 0.717) is 17.0 Å². The van der Waals surface area contributed by atoms with Crippen LogP contribution in [0.3, 0.4) is 0 Å². The summed E-state index contributed by atoms with van der Waals surface area (Å²) < 4.78 is 4.79. The number of carbonyl (C=O) groups excluding carboxylic acids is 2. The molecule has 0 spiro atoms. The van der Waals surface area contributed by atoms with E-state index < -0.39 is 5.97 Å². The van der Waals surface area contributed by atoms with Crippen LogP contribution >= 0.6 is 11.6 Å². The number of nitrogens with one attached hydrogen (secondary N) is 1. The summed E-state index contributed by atoms with van der Waals surface area (Å²) in [5, 5.41) is 3.66. The van der Waals surface area contributed by atoms with Gasteiger partial charge in [-0.1, -0.05) is 55.8 Å². The fourth-order valence-corrected chi connectivity index (χ4v) is 4.22. The molecule has 5 nitrogen and oxygen atoms in total. The predicted molar refractivity (Wildman–Crippen MR) is 127 cm³/mol. The topological polar surface area (TPSA) is 68.3 Å². The molecule has 4 rings (SSSR count). The first kappa shape index (κ1) is 21.8. The van der Waals surface area contributed by atoms with Crippen molar-refractivity contribution in [3.63, 3.8) is 0 Å². The third-order valence-corrected chi connectivity index (χ3v) is 5.70. The Morgan fingerprint density at radius 3 is 2.47 bits per heavy atom. The number of hydrogen-bond donors (Lipinski definition) is 1. The fraction of sp³-hybridized carbons (Fsp3) is 0.192. The summed E-state index contributed by atoms with van der Waals surface area (Å²) in [7, 11) is 1.33. The van der Waals surface area contributed by atoms with Crippen LogP contribution in [0.5, 0.6) is 0 Å². The molecule has 32 heavy (non-hydrogen) atoms. The lowest BCUT2D eigenvalue weighted by atomic mass is 9.86. The van der Waals surface area contributed by atoms with Crippen molar-refractivity contribution in [2.75, 3.05) is 12.4 Å². The Kier molecular flexibility index (Phi) is 6.10. The van der Waals surface area contributed by atoms with E-state index >= 15 is 0 Å². The highest BCUT2D eigenvalue weighted by Crippen LogP contribution is 2.42. The molecule has 2 aromatic carbocycles. The molecule has 6 heteroatoms. The van der Waals surface area contributed by atoms with Crippen molar-refractivity contribution >= 4 is 40.3 Å². The number of methoxy groups -OCH3 is 1. The molecule has 0 bridgehead atoms. The van der Waals surface area contributed by atoms with Crippen molar-refractivity contribution in [1.29, 1.82) is 0 Å². The average Bonchev–Trinajstić information content (AvgIpc) is 3.11. The number of esters is 1. The Balaban J connectivity index is 1.85. The molecule has 1 aromatic heterocycles. The Labute approximate surface area is 192 Å². The van der Waals surface area contributed by atoms with Crippen molar-refractivity contribution in [2.45, 2.75) is 20.3 Å². The second-order valence-electron chi connectivity index (χ2n) is 7.93. The number of hydrogen-bond acceptors (Lipinski definition) is 4. The molecule has 0 unspecified atom stereocenters. The molecule has 0 aliphatic carbocycles. The van der Waals surface area contributed by atoms with Crippen LogP contribution in [0.4, 0.5) is 5.69 Å². The minimum Gasteiger partial charge on any atom is -0.464 e. The van der Waals surface area contributed by atoms with Crippen LogP contribution in [0.15, 0.2) is 60.7 Å². The summed E-state index contributed by atoms with van der Waals surface area (Å²) in [4.78, 5) is 29.5. The van der Waals surface area contributed by atoms with Gasteiger partial charge in [-0.15, -0.1) is 0 Å². The van der Waals surface area contributed by atoms with E-state index in [1.165, 1.54) is 7.11 Å². The highest BCUT2D eigenvalue weighted by molar-refractivity contribution is 6.37. The zero-order valence-corrected chi connectivity index (χ0v) is 18.9. The first-order valence-corrected chi connectivity index (χ1v) is 10.7. The maximum absolute atomic E-state index is 13.1. The zero-order chi connectivity index (χ0) is 22.8. The van der Waals surface area contributed by atoms with Crippen LogP contribution < -0.4 is 5.32 Å². The summed E-state index contributed by atoms with van der Waals surface area (Å²) in [6, 6.07) is 18.6. The number of ether oxygens (including phenoxy) is 1. The molecule has 0 radical (unpaired) electrons. The number of nitrogens with zero attached hydrogens (tertiary/aromatic N) is 1. The lowest BCUT2D eigenvalue weighted by Gasteiger charge is -2.17. The first-order valence-electron chi connectivity index (χ1n) is 10.4. The molecule has 1 aliphatic rings. The standard InChI is InChI=1S/C26H23ClN2O3/c1-15(2)22(16-10-12-18(27)13-11-16)24-23-17(6-4-8-20(23)29-25(24)30)14-19-7-5-9-21(28-19)26(31)32-3/h4-13,15H,14H2,1-3H3,(H,29,30)/b24-22+. The molecule has 0 atom stereocenters. The molecule has 0 saturated carbocycles. The van der Waals surface area contributed by atoms with Crippen LogP contribution in [0.2, 0.25) is 5.02 Å². The van der Waals surface area contributed by atoms with Crippen LogP contribution in [0.1, 0.15) is 46.7 Å². The highest BCUT2D eigenvalue weighted by Gasteiger charge is 2.31. The van der Waals surface area contributed by atoms with Gasteiger partial charge in [-0.25, -0.2) is 9.78 Å². The van der Waals surface area contributed by atoms with E-state index in [0.717, 1.165) is 33.6 Å². The minimum absolute atomic E-state index is 0.108. The van der Waals surface area contributed by atoms with Gasteiger partial charge in [0, 0.05) is 28.4 Å². The molecule has 0 fully saturated rings. The second-order valence-corrected chi connectivity index (χ2v) is 8.36. The van der Waals surface area contributed by atoms with Crippen LogP contribution in [-0.4, -0.2) is 24.0 Å². The van der Waals surface area contributed by atoms with E-state index in [4.69, 9.17) is 16.3 Å². The van der Waals surface area contributed by atoms with Gasteiger partial charge in [0.05, 0.1) is 12.7 Å². The van der Waals surface area contributed by atoms with Crippen molar-refractivity contribution in [2.24, 2.45) is 5.92 Å². The number of benzene rings is 2. The third kappa shape index (κ3) is 4.16. The molecule has 1 N–H and O–H groups in total. The summed E-state index contributed by atoms with van der Waals surface area (Å²) in [5.41, 5.74) is 6.17. The van der Waals surface area contributed by atoms with Gasteiger partial charge >= 0.3 is 5.97 Å². The number of pyridine rings is 1. The van der Waals surface area contributed by atoms with Crippen LogP contribution in [0.25, 0.3) is 11.1 Å². The van der Waals surface area contributed by atoms with E-state index in [-0.39, 0.29) is 17.5 Å². The van der Waals surface area contributed by atoms with Gasteiger partial charge in [0.15, 0.2) is 0 Å². The van der Waals surface area contributed by atoms with Gasteiger partial charge in [0.1, 0.15) is 5.69 Å². The Morgan fingerprint density at radius 1 is 1.06 bits per heavy atom. The summed E-state index contributed by atoms with van der Waals surface area (Å²) in [5.74, 6) is -0.494. The first-order chi connectivity index (χ1) is 15.4. The number of halogens is 1. The molecule has 3 aromatic rings. The molecular weight excluding hydrogens is 424 g/mol. The third-order valence-electron chi connectivity index (χ3n) is 5.45. The van der Waals surface area contributed by atoms with Crippen molar-refractivity contribution in [1.82, 2.24) is 4.98 Å². The van der Waals surface area contributed by atoms with E-state index in [1.807, 2.05) is 48.5 Å². The predicted octanol–water partition coefficient (Wildman–Crippen LogP) is 5.63. The maximum Gasteiger partial charge on any atom is 0.356 e. The number of allylic oxidation sites excluding steroid dienone is 1. The summed E-state index contributed by atoms with van der Waals surface area (Å²) in [6.07, 6.45) is 0.471. The van der Waals surface area contributed by atoms with Crippen molar-refractivity contribution < 1.29 is 14.3 Å². The zero-order valence-electron chi connectivity index (χ0n) is 18.1. The quantitative estimate of drug-likeness (QED) is 0.407. The second kappa shape index (κ2) is 8.97. The van der Waals surface area contributed by atoms with Crippen molar-refractivity contribution in [3.8, 4) is 0 Å². The van der Waals surface area contributed by atoms with Gasteiger partial charge in [0.2, 0.25) is 0 Å². The largest absolute Gasteiger partial charge is 0.464 e. The van der Waals surface area contributed by atoms with Gasteiger partial charge in [0.25, 0.3) is 5.91 Å². The monoisotopic (exact) mass is 446 g/mol. The van der Waals surface area contributed by atoms with Gasteiger partial charge in [-0.05, 0) is 52.9 Å². The van der Waals surface area contributed by atoms with Crippen LogP contribution in [-0.2, 0) is 16.0 Å². The fourth-order valence-electron chi connectivity index (χ4n) is 4.09. The molecule has 2 heterocycles. The van der Waals surface area contributed by atoms with E-state index in [2.05, 4.69) is 24.1 Å². The minimum atomic E-state index is -0.479. The van der Waals surface area contributed by atoms with Gasteiger partial charge < -0.3 is 10.1 Å². The molecule has 1 aliphatic heterocycles. The Morgan fingerprint density at radius 2 is 1.78 bits per heavy atom. The van der Waals surface area contributed by atoms with E-state index in [1.54, 1.807) is 12.1 Å². The number of carbonyl (C=O) groups is 2. The molecule has 0 saturated heterocycles. The van der Waals surface area contributed by atoms with Crippen molar-refractivity contribution in [3.05, 3.63) is 93.8 Å². The molecular formula is C26H23ClN2O3. The normalized spacial score (nSPS) is 14.2. The Hall–Kier alpha value is -3.44. The summed E-state index contributed by atoms with van der Waals surface area (Å²) in [6.45, 7) is 4.15. The van der Waals surface area contributed by atoms with Crippen LogP contribution in [0, 0.1) is 5.92 Å². The number of aromatic nitrogens is 1. The number of rotatable bonds is 5. The lowest BCUT2D eigenvalue weighted by molar-refractivity contribution is -0.110. The lowest BCUT2D eigenvalue weighted by Crippen LogP contribution is -2.09. The smallest absolute Gasteiger partial charge is 0.356 e. The summed E-state index contributed by atoms with van der Waals surface area (Å²) >= 11 is 6.09. The van der Waals surface area contributed by atoms with E-state index in [9.17, 15) is 9.59 Å². The number of amides is 1. The highest BCUT2D eigenvalue weighted by atomic mass is 35.5. The Bertz CT molecular complexity index is 1230. The maximum atomic E-state index is 13.1. The SMILES string of the molecule is COC(=O)c1cccc(Cc2cccc3c2/C(=C(\c2ccc(Cl)cc2)C(C)C)C(=O)N3)n1. The number of anilines is 1. The molecule has 1 amide bonds. The average molecular weight is 447 g/mol.